The number of hydrogen-bond acceptors (Lipinski definition) is 1. The first-order valence-corrected chi connectivity index (χ1v) is 13.3. The zero-order valence-electron chi connectivity index (χ0n) is 14.9. The molecule has 2 aromatic carbocycles. The molecule has 0 saturated carbocycles. The minimum atomic E-state index is -2.35. The number of carbonyl (C=O) groups excluding carboxylic acids is 1. The topological polar surface area (TPSA) is 31.8 Å². The van der Waals surface area contributed by atoms with Crippen molar-refractivity contribution in [2.24, 2.45) is 0 Å². The standard InChI is InChI=1S/C18H14F5NO2.2ClH.Ru/c1-8(2)26(4)11-6-5-10(7-9(11)3)24-18(25)12-13(19)15(21)17(23)16(22)14(12)20;;;/h3,5-8H,4H2,1-2H3,(H,24,25);2*1H;/q;;;+2/p-2. The van der Waals surface area contributed by atoms with Gasteiger partial charge in [0.15, 0.2) is 0 Å². The van der Waals surface area contributed by atoms with E-state index in [0.29, 0.717) is 11.3 Å². The summed E-state index contributed by atoms with van der Waals surface area (Å²) in [5.74, 6) is -12.2. The van der Waals surface area contributed by atoms with Gasteiger partial charge in [0.05, 0.1) is 0 Å². The van der Waals surface area contributed by atoms with Crippen LogP contribution in [0.3, 0.4) is 0 Å². The molecule has 0 aliphatic rings. The number of benzene rings is 2. The van der Waals surface area contributed by atoms with E-state index >= 15 is 0 Å². The van der Waals surface area contributed by atoms with Gasteiger partial charge in [-0.15, -0.1) is 0 Å². The van der Waals surface area contributed by atoms with Crippen LogP contribution in [0.15, 0.2) is 18.2 Å². The average Bonchev–Trinajstić information content (AvgIpc) is 2.64. The van der Waals surface area contributed by atoms with Crippen LogP contribution in [-0.4, -0.2) is 16.6 Å². The molecule has 1 N–H and O–H groups in total. The molecule has 2 aromatic rings. The Morgan fingerprint density at radius 3 is 2.07 bits per heavy atom. The van der Waals surface area contributed by atoms with E-state index in [1.54, 1.807) is 4.61 Å². The summed E-state index contributed by atoms with van der Waals surface area (Å²) >= 11 is -2.31. The average molecular weight is 543 g/mol. The van der Waals surface area contributed by atoms with E-state index in [9.17, 15) is 26.7 Å². The summed E-state index contributed by atoms with van der Waals surface area (Å²) in [4.78, 5) is 12.2. The molecule has 0 unspecified atom stereocenters. The van der Waals surface area contributed by atoms with Gasteiger partial charge >= 0.3 is 177 Å². The van der Waals surface area contributed by atoms with Crippen LogP contribution in [0.25, 0.3) is 0 Å². The zero-order chi connectivity index (χ0) is 22.0. The third kappa shape index (κ3) is 5.14. The molecule has 0 spiro atoms. The molecule has 0 fully saturated rings. The summed E-state index contributed by atoms with van der Waals surface area (Å²) in [7, 11) is 15.6. The van der Waals surface area contributed by atoms with Gasteiger partial charge in [-0.3, -0.25) is 0 Å². The van der Waals surface area contributed by atoms with E-state index < -0.39 is 54.1 Å². The van der Waals surface area contributed by atoms with Crippen LogP contribution in [0.1, 0.15) is 29.8 Å². The fourth-order valence-corrected chi connectivity index (χ4v) is 4.06. The van der Waals surface area contributed by atoms with Crippen molar-refractivity contribution in [3.05, 3.63) is 65.5 Å². The Labute approximate surface area is 176 Å². The number of rotatable bonds is 5. The Hall–Kier alpha value is -1.57. The monoisotopic (exact) mass is 543 g/mol. The Bertz CT molecular complexity index is 968. The molecule has 160 valence electrons. The van der Waals surface area contributed by atoms with Crippen molar-refractivity contribution >= 4 is 35.6 Å². The van der Waals surface area contributed by atoms with Gasteiger partial charge in [0.1, 0.15) is 0 Å². The molecule has 2 rings (SSSR count). The normalized spacial score (nSPS) is 11.5. The maximum absolute atomic E-state index is 13.8. The van der Waals surface area contributed by atoms with Gasteiger partial charge in [-0.1, -0.05) is 0 Å². The molecule has 0 bridgehead atoms. The third-order valence-electron chi connectivity index (χ3n) is 3.74. The SMILES string of the molecule is [CH2-][O+](c1ccc(NC(=O)c2c(F)c(F)c(F)c(F)c2F)cc1[CH]=[Ru]([Cl])[Cl])C(C)C. The van der Waals surface area contributed by atoms with E-state index in [2.05, 4.69) is 16.8 Å². The van der Waals surface area contributed by atoms with E-state index in [4.69, 9.17) is 19.4 Å². The molecule has 29 heavy (non-hydrogen) atoms. The summed E-state index contributed by atoms with van der Waals surface area (Å²) in [6.45, 7) is 3.69. The fourth-order valence-electron chi connectivity index (χ4n) is 2.28. The second kappa shape index (κ2) is 9.50. The van der Waals surface area contributed by atoms with Crippen LogP contribution in [0.4, 0.5) is 27.6 Å². The predicted molar refractivity (Wildman–Crippen MR) is 98.5 cm³/mol. The van der Waals surface area contributed by atoms with Crippen molar-refractivity contribution < 1.29 is 44.6 Å². The molecule has 0 saturated heterocycles. The molecule has 1 amide bonds. The third-order valence-corrected chi connectivity index (χ3v) is 5.58. The summed E-state index contributed by atoms with van der Waals surface area (Å²) in [6.07, 6.45) is -0.0813. The van der Waals surface area contributed by atoms with Crippen LogP contribution >= 0.6 is 19.4 Å². The second-order valence-electron chi connectivity index (χ2n) is 5.94. The van der Waals surface area contributed by atoms with Crippen molar-refractivity contribution in [1.29, 1.82) is 0 Å². The van der Waals surface area contributed by atoms with Crippen molar-refractivity contribution in [1.82, 2.24) is 0 Å². The Balaban J connectivity index is 2.48. The molecule has 0 aliphatic heterocycles. The molecule has 3 nitrogen and oxygen atoms in total. The first-order chi connectivity index (χ1) is 13.5. The van der Waals surface area contributed by atoms with Crippen molar-refractivity contribution in [2.45, 2.75) is 20.0 Å². The summed E-state index contributed by atoms with van der Waals surface area (Å²) in [5.41, 5.74) is -1.11. The molecular formula is C18H14Cl2F5NO2Ru. The molecule has 11 heteroatoms. The van der Waals surface area contributed by atoms with Gasteiger partial charge in [-0.25, -0.2) is 0 Å². The first kappa shape index (κ1) is 23.7. The van der Waals surface area contributed by atoms with Gasteiger partial charge in [-0.2, -0.15) is 0 Å². The zero-order valence-corrected chi connectivity index (χ0v) is 18.2. The first-order valence-electron chi connectivity index (χ1n) is 7.78. The summed E-state index contributed by atoms with van der Waals surface area (Å²) in [6, 6.07) is 4.27. The molecule has 0 atom stereocenters. The maximum atomic E-state index is 13.8. The second-order valence-corrected chi connectivity index (χ2v) is 11.7. The van der Waals surface area contributed by atoms with E-state index in [1.165, 1.54) is 18.2 Å². The molecular weight excluding hydrogens is 529 g/mol. The number of halogens is 7. The van der Waals surface area contributed by atoms with E-state index in [1.807, 2.05) is 13.8 Å². The van der Waals surface area contributed by atoms with Crippen molar-refractivity contribution in [2.75, 3.05) is 5.32 Å². The Morgan fingerprint density at radius 1 is 1.07 bits per heavy atom. The van der Waals surface area contributed by atoms with Gasteiger partial charge in [0, 0.05) is 0 Å². The number of carbonyl (C=O) groups is 1. The van der Waals surface area contributed by atoms with Gasteiger partial charge in [0.2, 0.25) is 0 Å². The van der Waals surface area contributed by atoms with Gasteiger partial charge < -0.3 is 0 Å². The number of anilines is 1. The van der Waals surface area contributed by atoms with Crippen LogP contribution in [0, 0.1) is 36.2 Å². The van der Waals surface area contributed by atoms with Crippen LogP contribution in [-0.2, 0) is 17.9 Å². The molecule has 0 aromatic heterocycles. The van der Waals surface area contributed by atoms with Gasteiger partial charge in [-0.05, 0) is 0 Å². The Kier molecular flexibility index (Phi) is 7.76. The number of hydrogen-bond donors (Lipinski definition) is 1. The Morgan fingerprint density at radius 2 is 1.59 bits per heavy atom. The van der Waals surface area contributed by atoms with Crippen LogP contribution in [0.5, 0.6) is 5.75 Å². The van der Waals surface area contributed by atoms with Gasteiger partial charge in [0.25, 0.3) is 0 Å². The predicted octanol–water partition coefficient (Wildman–Crippen LogP) is 6.18. The number of amides is 1. The summed E-state index contributed by atoms with van der Waals surface area (Å²) < 4.78 is 71.6. The minimum absolute atomic E-state index is 0.0236. The van der Waals surface area contributed by atoms with Crippen molar-refractivity contribution in [3.8, 4) is 5.75 Å². The molecule has 0 aliphatic carbocycles. The van der Waals surface area contributed by atoms with E-state index in [0.717, 1.165) is 0 Å². The fraction of sp³-hybridized carbons (Fsp3) is 0.167. The quantitative estimate of drug-likeness (QED) is 0.120. The van der Waals surface area contributed by atoms with E-state index in [-0.39, 0.29) is 11.8 Å². The van der Waals surface area contributed by atoms with Crippen LogP contribution in [0.2, 0.25) is 0 Å². The van der Waals surface area contributed by atoms with Crippen molar-refractivity contribution in [3.63, 3.8) is 0 Å². The molecule has 0 heterocycles. The molecule has 0 radical (unpaired) electrons. The summed E-state index contributed by atoms with van der Waals surface area (Å²) in [5, 5.41) is 2.11. The number of nitrogens with one attached hydrogen (secondary N) is 1. The van der Waals surface area contributed by atoms with Crippen LogP contribution < -0.4 is 5.32 Å².